The van der Waals surface area contributed by atoms with Crippen LogP contribution >= 0.6 is 0 Å². The summed E-state index contributed by atoms with van der Waals surface area (Å²) >= 11 is 0. The van der Waals surface area contributed by atoms with Crippen molar-refractivity contribution in [1.82, 2.24) is 40.4 Å². The van der Waals surface area contributed by atoms with Crippen molar-refractivity contribution in [3.05, 3.63) is 70.3 Å². The van der Waals surface area contributed by atoms with E-state index >= 15 is 0 Å². The second-order valence-electron chi connectivity index (χ2n) is 9.52. The van der Waals surface area contributed by atoms with Crippen molar-refractivity contribution >= 4 is 17.0 Å². The topological polar surface area (TPSA) is 144 Å². The van der Waals surface area contributed by atoms with Crippen LogP contribution in [0.25, 0.3) is 33.5 Å². The number of hydrogen-bond donors (Lipinski definition) is 2. The Balaban J connectivity index is 1.40. The summed E-state index contributed by atoms with van der Waals surface area (Å²) in [4.78, 5) is 29.5. The summed E-state index contributed by atoms with van der Waals surface area (Å²) in [6.07, 6.45) is 5.44. The molecule has 0 amide bonds. The van der Waals surface area contributed by atoms with Crippen molar-refractivity contribution in [2.75, 3.05) is 0 Å². The normalized spacial score (nSPS) is 14.1. The molecule has 1 aliphatic rings. The molecular formula is C27H26N8O3. The number of aromatic nitrogens is 8. The van der Waals surface area contributed by atoms with E-state index in [0.717, 1.165) is 53.8 Å². The third kappa shape index (κ3) is 4.47. The van der Waals surface area contributed by atoms with Crippen LogP contribution in [0.3, 0.4) is 0 Å². The number of esters is 1. The van der Waals surface area contributed by atoms with Gasteiger partial charge in [0.2, 0.25) is 5.82 Å². The minimum Gasteiger partial charge on any atom is -0.404 e. The average Bonchev–Trinajstić information content (AvgIpc) is 3.61. The molecule has 0 radical (unpaired) electrons. The first-order valence-corrected chi connectivity index (χ1v) is 12.7. The van der Waals surface area contributed by atoms with Gasteiger partial charge in [0, 0.05) is 24.9 Å². The van der Waals surface area contributed by atoms with Gasteiger partial charge in [-0.15, -0.1) is 15.3 Å². The highest BCUT2D eigenvalue weighted by Crippen LogP contribution is 2.35. The number of nitrogens with one attached hydrogen (secondary N) is 2. The van der Waals surface area contributed by atoms with Crippen LogP contribution < -0.4 is 10.3 Å². The molecule has 6 rings (SSSR count). The van der Waals surface area contributed by atoms with Gasteiger partial charge in [-0.3, -0.25) is 9.59 Å². The second kappa shape index (κ2) is 10.0. The molecule has 1 fully saturated rings. The first-order valence-electron chi connectivity index (χ1n) is 12.7. The van der Waals surface area contributed by atoms with Crippen molar-refractivity contribution in [1.29, 1.82) is 0 Å². The molecule has 0 unspecified atom stereocenters. The fraction of sp³-hybridized carbons (Fsp3) is 0.296. The lowest BCUT2D eigenvalue weighted by atomic mass is 9.88. The van der Waals surface area contributed by atoms with Crippen molar-refractivity contribution < 1.29 is 9.53 Å². The quantitative estimate of drug-likeness (QED) is 0.326. The fourth-order valence-electron chi connectivity index (χ4n) is 5.27. The first kappa shape index (κ1) is 23.7. The van der Waals surface area contributed by atoms with Crippen molar-refractivity contribution in [3.8, 4) is 28.4 Å². The van der Waals surface area contributed by atoms with Gasteiger partial charge in [0.25, 0.3) is 11.4 Å². The third-order valence-corrected chi connectivity index (χ3v) is 7.00. The minimum absolute atomic E-state index is 0.0244. The van der Waals surface area contributed by atoms with E-state index in [1.54, 1.807) is 0 Å². The first-order chi connectivity index (χ1) is 18.6. The fourth-order valence-corrected chi connectivity index (χ4v) is 5.27. The maximum Gasteiger partial charge on any atom is 0.309 e. The van der Waals surface area contributed by atoms with Crippen LogP contribution in [0.15, 0.2) is 53.3 Å². The number of benzene rings is 2. The molecule has 0 atom stereocenters. The van der Waals surface area contributed by atoms with E-state index in [9.17, 15) is 9.59 Å². The number of aromatic amines is 2. The van der Waals surface area contributed by atoms with Crippen molar-refractivity contribution in [2.24, 2.45) is 0 Å². The van der Waals surface area contributed by atoms with Gasteiger partial charge in [0.05, 0.1) is 0 Å². The van der Waals surface area contributed by atoms with E-state index in [0.29, 0.717) is 23.4 Å². The van der Waals surface area contributed by atoms with Gasteiger partial charge < -0.3 is 9.30 Å². The Bertz CT molecular complexity index is 1650. The summed E-state index contributed by atoms with van der Waals surface area (Å²) in [5.74, 6) is 1.09. The third-order valence-electron chi connectivity index (χ3n) is 7.00. The summed E-state index contributed by atoms with van der Waals surface area (Å²) in [7, 11) is 0. The van der Waals surface area contributed by atoms with Crippen LogP contribution in [-0.2, 0) is 11.3 Å². The molecule has 3 heterocycles. The molecule has 11 heteroatoms. The van der Waals surface area contributed by atoms with Gasteiger partial charge >= 0.3 is 5.97 Å². The Hall–Kier alpha value is -4.67. The number of imidazole rings is 1. The van der Waals surface area contributed by atoms with Gasteiger partial charge in [0.1, 0.15) is 11.3 Å². The van der Waals surface area contributed by atoms with E-state index in [-0.39, 0.29) is 17.4 Å². The van der Waals surface area contributed by atoms with Crippen molar-refractivity contribution in [3.63, 3.8) is 0 Å². The maximum absolute atomic E-state index is 13.0. The van der Waals surface area contributed by atoms with Crippen LogP contribution in [0.4, 0.5) is 0 Å². The van der Waals surface area contributed by atoms with Gasteiger partial charge in [-0.25, -0.2) is 10.1 Å². The molecule has 1 saturated carbocycles. The number of tetrazole rings is 1. The van der Waals surface area contributed by atoms with Crippen LogP contribution in [0.2, 0.25) is 0 Å². The number of fused-ring (bicyclic) bond motifs is 1. The number of hydrogen-bond acceptors (Lipinski definition) is 8. The molecule has 192 valence electrons. The van der Waals surface area contributed by atoms with Crippen LogP contribution in [-0.4, -0.2) is 46.3 Å². The van der Waals surface area contributed by atoms with E-state index in [1.807, 2.05) is 53.1 Å². The highest BCUT2D eigenvalue weighted by atomic mass is 16.5. The minimum atomic E-state index is -0.517. The summed E-state index contributed by atoms with van der Waals surface area (Å²) in [5, 5.41) is 20.9. The smallest absolute Gasteiger partial charge is 0.309 e. The Labute approximate surface area is 217 Å². The summed E-state index contributed by atoms with van der Waals surface area (Å²) < 4.78 is 7.24. The van der Waals surface area contributed by atoms with Crippen LogP contribution in [0.5, 0.6) is 5.88 Å². The molecule has 38 heavy (non-hydrogen) atoms. The Morgan fingerprint density at radius 3 is 2.50 bits per heavy atom. The van der Waals surface area contributed by atoms with E-state index in [4.69, 9.17) is 9.72 Å². The molecule has 0 aliphatic heterocycles. The van der Waals surface area contributed by atoms with Gasteiger partial charge in [-0.1, -0.05) is 67.8 Å². The van der Waals surface area contributed by atoms with E-state index in [1.165, 1.54) is 13.3 Å². The molecule has 3 aromatic heterocycles. The van der Waals surface area contributed by atoms with Crippen molar-refractivity contribution in [2.45, 2.75) is 51.5 Å². The number of H-pyrrole nitrogens is 2. The predicted molar refractivity (Wildman–Crippen MR) is 139 cm³/mol. The molecule has 0 saturated heterocycles. The van der Waals surface area contributed by atoms with Crippen LogP contribution in [0, 0.1) is 0 Å². The molecule has 2 aromatic carbocycles. The molecule has 2 N–H and O–H groups in total. The molecule has 1 aliphatic carbocycles. The Morgan fingerprint density at radius 2 is 1.79 bits per heavy atom. The predicted octanol–water partition coefficient (Wildman–Crippen LogP) is 3.99. The Kier molecular flexibility index (Phi) is 6.24. The van der Waals surface area contributed by atoms with E-state index in [2.05, 4.69) is 30.8 Å². The molecule has 5 aromatic rings. The number of ether oxygens (including phenoxy) is 1. The lowest BCUT2D eigenvalue weighted by Crippen LogP contribution is -2.18. The highest BCUT2D eigenvalue weighted by Gasteiger charge is 2.26. The lowest BCUT2D eigenvalue weighted by Gasteiger charge is -2.22. The number of carbonyl (C=O) groups is 1. The van der Waals surface area contributed by atoms with Gasteiger partial charge in [-0.2, -0.15) is 5.21 Å². The SMILES string of the molecule is CC(=O)Oc1n[nH]c(=O)c2c1nc(C1CCCCC1)n2Cc1ccc(-c2ccccc2-c2nn[nH]n2)cc1. The van der Waals surface area contributed by atoms with Gasteiger partial charge in [-0.05, 0) is 34.7 Å². The summed E-state index contributed by atoms with van der Waals surface area (Å²) in [6, 6.07) is 16.1. The average molecular weight is 511 g/mol. The Morgan fingerprint density at radius 1 is 1.03 bits per heavy atom. The molecule has 0 spiro atoms. The number of nitrogens with zero attached hydrogens (tertiary/aromatic N) is 6. The van der Waals surface area contributed by atoms with Gasteiger partial charge in [0.15, 0.2) is 5.52 Å². The van der Waals surface area contributed by atoms with Crippen LogP contribution in [0.1, 0.15) is 56.3 Å². The number of rotatable bonds is 6. The molecule has 11 nitrogen and oxygen atoms in total. The zero-order valence-corrected chi connectivity index (χ0v) is 20.8. The lowest BCUT2D eigenvalue weighted by molar-refractivity contribution is -0.132. The van der Waals surface area contributed by atoms with E-state index < -0.39 is 5.97 Å². The number of carbonyl (C=O) groups excluding carboxylic acids is 1. The monoisotopic (exact) mass is 510 g/mol. The largest absolute Gasteiger partial charge is 0.404 e. The highest BCUT2D eigenvalue weighted by molar-refractivity contribution is 5.83. The summed E-state index contributed by atoms with van der Waals surface area (Å²) in [6.45, 7) is 1.75. The standard InChI is InChI=1S/C27H26N8O3/c1-16(36)38-27-22-23(26(37)31-32-27)35(25(28-22)19-7-3-2-4-8-19)15-17-11-13-18(14-12-17)20-9-5-6-10-21(20)24-29-33-34-30-24/h5-6,9-14,19H,2-4,7-8,15H2,1H3,(H,31,37)(H,29,30,33,34). The molecular weight excluding hydrogens is 484 g/mol. The summed E-state index contributed by atoms with van der Waals surface area (Å²) in [5.41, 5.74) is 4.20. The second-order valence-corrected chi connectivity index (χ2v) is 9.52. The zero-order chi connectivity index (χ0) is 26.1. The zero-order valence-electron chi connectivity index (χ0n) is 20.8. The maximum atomic E-state index is 13.0. The molecule has 0 bridgehead atoms.